The molecular weight excluding hydrogens is 320 g/mol. The molecule has 0 aliphatic carbocycles. The Balaban J connectivity index is 2.23. The van der Waals surface area contributed by atoms with Crippen molar-refractivity contribution in [3.05, 3.63) is 34.2 Å². The number of hydrogen-bond donors (Lipinski definition) is 2. The van der Waals surface area contributed by atoms with Gasteiger partial charge in [-0.3, -0.25) is 10.1 Å². The number of nitrogens with one attached hydrogen (secondary N) is 2. The van der Waals surface area contributed by atoms with E-state index >= 15 is 0 Å². The second kappa shape index (κ2) is 6.20. The third-order valence-corrected chi connectivity index (χ3v) is 5.37. The second-order valence-corrected chi connectivity index (χ2v) is 6.92. The van der Waals surface area contributed by atoms with Crippen molar-refractivity contribution in [3.63, 3.8) is 0 Å². The summed E-state index contributed by atoms with van der Waals surface area (Å²) in [5.41, 5.74) is -0.262. The highest BCUT2D eigenvalue weighted by Gasteiger charge is 2.26. The number of rotatable bonds is 7. The van der Waals surface area contributed by atoms with Gasteiger partial charge in [-0.05, 0) is 6.92 Å². The molecule has 21 heavy (non-hydrogen) atoms. The van der Waals surface area contributed by atoms with Crippen molar-refractivity contribution in [2.75, 3.05) is 11.9 Å². The molecule has 0 bridgehead atoms. The van der Waals surface area contributed by atoms with E-state index in [1.807, 2.05) is 0 Å². The second-order valence-electron chi connectivity index (χ2n) is 3.87. The quantitative estimate of drug-likeness (QED) is 0.581. The predicted octanol–water partition coefficient (Wildman–Crippen LogP) is 1.55. The Kier molecular flexibility index (Phi) is 4.55. The Morgan fingerprint density at radius 1 is 1.52 bits per heavy atom. The molecule has 0 saturated heterocycles. The van der Waals surface area contributed by atoms with Crippen LogP contribution in [0.15, 0.2) is 27.1 Å². The highest BCUT2D eigenvalue weighted by molar-refractivity contribution is 7.91. The van der Waals surface area contributed by atoms with E-state index in [-0.39, 0.29) is 21.4 Å². The van der Waals surface area contributed by atoms with Gasteiger partial charge in [0, 0.05) is 18.7 Å². The number of thiophene rings is 1. The summed E-state index contributed by atoms with van der Waals surface area (Å²) >= 11 is 0.807. The third kappa shape index (κ3) is 3.56. The molecule has 114 valence electrons. The van der Waals surface area contributed by atoms with E-state index in [2.05, 4.69) is 15.2 Å². The van der Waals surface area contributed by atoms with Gasteiger partial charge < -0.3 is 9.84 Å². The zero-order valence-electron chi connectivity index (χ0n) is 10.9. The molecule has 0 unspecified atom stereocenters. The highest BCUT2D eigenvalue weighted by atomic mass is 32.2. The maximum Gasteiger partial charge on any atom is 0.304 e. The SMILES string of the molecule is CCNc1sc(S(=O)(=O)NCc2ccno2)cc1[N+](=O)[O-]. The number of anilines is 1. The molecule has 0 aliphatic heterocycles. The van der Waals surface area contributed by atoms with Crippen LogP contribution in [0.1, 0.15) is 12.7 Å². The lowest BCUT2D eigenvalue weighted by Gasteiger charge is -2.01. The number of aromatic nitrogens is 1. The number of nitro groups is 1. The van der Waals surface area contributed by atoms with Crippen molar-refractivity contribution in [1.82, 2.24) is 9.88 Å². The lowest BCUT2D eigenvalue weighted by Crippen LogP contribution is -2.22. The van der Waals surface area contributed by atoms with Crippen LogP contribution in [0.5, 0.6) is 0 Å². The first-order valence-corrected chi connectivity index (χ1v) is 8.15. The fraction of sp³-hybridized carbons (Fsp3) is 0.300. The van der Waals surface area contributed by atoms with Crippen LogP contribution in [0.3, 0.4) is 0 Å². The van der Waals surface area contributed by atoms with Gasteiger partial charge in [0.1, 0.15) is 4.21 Å². The van der Waals surface area contributed by atoms with Crippen molar-refractivity contribution >= 4 is 32.0 Å². The number of hydrogen-bond acceptors (Lipinski definition) is 8. The van der Waals surface area contributed by atoms with Crippen molar-refractivity contribution in [2.24, 2.45) is 0 Å². The summed E-state index contributed by atoms with van der Waals surface area (Å²) in [4.78, 5) is 10.3. The predicted molar refractivity (Wildman–Crippen MR) is 75.7 cm³/mol. The molecule has 2 aromatic heterocycles. The molecule has 0 aliphatic rings. The summed E-state index contributed by atoms with van der Waals surface area (Å²) in [5, 5.41) is 17.4. The Bertz CT molecular complexity index is 723. The van der Waals surface area contributed by atoms with Crippen molar-refractivity contribution in [3.8, 4) is 0 Å². The molecule has 0 fully saturated rings. The van der Waals surface area contributed by atoms with Gasteiger partial charge in [-0.2, -0.15) is 0 Å². The fourth-order valence-corrected chi connectivity index (χ4v) is 3.92. The first-order chi connectivity index (χ1) is 9.94. The van der Waals surface area contributed by atoms with Gasteiger partial charge in [0.05, 0.1) is 17.7 Å². The lowest BCUT2D eigenvalue weighted by atomic mass is 10.5. The Labute approximate surface area is 124 Å². The van der Waals surface area contributed by atoms with Gasteiger partial charge in [-0.1, -0.05) is 16.5 Å². The summed E-state index contributed by atoms with van der Waals surface area (Å²) in [6, 6.07) is 2.55. The maximum absolute atomic E-state index is 12.1. The minimum Gasteiger partial charge on any atom is -0.372 e. The summed E-state index contributed by atoms with van der Waals surface area (Å²) < 4.78 is 31.2. The van der Waals surface area contributed by atoms with E-state index in [4.69, 9.17) is 4.52 Å². The van der Waals surface area contributed by atoms with Crippen molar-refractivity contribution < 1.29 is 17.9 Å². The van der Waals surface area contributed by atoms with Gasteiger partial charge in [0.2, 0.25) is 0 Å². The fourth-order valence-electron chi connectivity index (χ4n) is 1.49. The number of sulfonamides is 1. The van der Waals surface area contributed by atoms with Gasteiger partial charge in [0.25, 0.3) is 10.0 Å². The topological polar surface area (TPSA) is 127 Å². The molecule has 2 N–H and O–H groups in total. The average Bonchev–Trinajstić information content (AvgIpc) is 3.06. The molecule has 0 atom stereocenters. The average molecular weight is 332 g/mol. The zero-order chi connectivity index (χ0) is 15.5. The molecule has 0 radical (unpaired) electrons. The van der Waals surface area contributed by atoms with Crippen LogP contribution in [0.2, 0.25) is 0 Å². The van der Waals surface area contributed by atoms with Crippen molar-refractivity contribution in [2.45, 2.75) is 17.7 Å². The molecule has 2 heterocycles. The molecule has 9 nitrogen and oxygen atoms in total. The van der Waals surface area contributed by atoms with Gasteiger partial charge in [-0.15, -0.1) is 0 Å². The van der Waals surface area contributed by atoms with Crippen molar-refractivity contribution in [1.29, 1.82) is 0 Å². The number of nitrogens with zero attached hydrogens (tertiary/aromatic N) is 2. The summed E-state index contributed by atoms with van der Waals surface area (Å²) in [6.45, 7) is 2.14. The van der Waals surface area contributed by atoms with E-state index < -0.39 is 14.9 Å². The first kappa shape index (κ1) is 15.4. The Morgan fingerprint density at radius 3 is 2.86 bits per heavy atom. The minimum absolute atomic E-state index is 0.0788. The van der Waals surface area contributed by atoms with Gasteiger partial charge in [-0.25, -0.2) is 13.1 Å². The molecule has 0 aromatic carbocycles. The summed E-state index contributed by atoms with van der Waals surface area (Å²) in [5.74, 6) is 0.344. The molecule has 2 aromatic rings. The molecule has 0 saturated carbocycles. The largest absolute Gasteiger partial charge is 0.372 e. The maximum atomic E-state index is 12.1. The summed E-state index contributed by atoms with van der Waals surface area (Å²) in [6.07, 6.45) is 1.39. The molecule has 0 spiro atoms. The van der Waals surface area contributed by atoms with Crippen LogP contribution < -0.4 is 10.0 Å². The molecule has 2 rings (SSSR count). The van der Waals surface area contributed by atoms with Crippen LogP contribution in [-0.4, -0.2) is 25.0 Å². The Morgan fingerprint density at radius 2 is 2.29 bits per heavy atom. The van der Waals surface area contributed by atoms with E-state index in [1.165, 1.54) is 12.3 Å². The monoisotopic (exact) mass is 332 g/mol. The normalized spacial score (nSPS) is 11.5. The van der Waals surface area contributed by atoms with Crippen LogP contribution in [0.25, 0.3) is 0 Å². The highest BCUT2D eigenvalue weighted by Crippen LogP contribution is 2.36. The zero-order valence-corrected chi connectivity index (χ0v) is 12.5. The van der Waals surface area contributed by atoms with Crippen LogP contribution in [0, 0.1) is 10.1 Å². The smallest absolute Gasteiger partial charge is 0.304 e. The molecule has 11 heteroatoms. The van der Waals surface area contributed by atoms with Crippen LogP contribution in [0.4, 0.5) is 10.7 Å². The minimum atomic E-state index is -3.85. The van der Waals surface area contributed by atoms with E-state index in [9.17, 15) is 18.5 Å². The molecular formula is C10H12N4O5S2. The van der Waals surface area contributed by atoms with Crippen LogP contribution >= 0.6 is 11.3 Å². The van der Waals surface area contributed by atoms with E-state index in [0.717, 1.165) is 17.4 Å². The van der Waals surface area contributed by atoms with Gasteiger partial charge in [0.15, 0.2) is 10.8 Å². The first-order valence-electron chi connectivity index (χ1n) is 5.85. The molecule has 0 amide bonds. The Hall–Kier alpha value is -1.98. The van der Waals surface area contributed by atoms with Gasteiger partial charge >= 0.3 is 5.69 Å². The third-order valence-electron chi connectivity index (χ3n) is 2.42. The lowest BCUT2D eigenvalue weighted by molar-refractivity contribution is -0.383. The van der Waals surface area contributed by atoms with E-state index in [0.29, 0.717) is 12.3 Å². The van der Waals surface area contributed by atoms with Crippen LogP contribution in [-0.2, 0) is 16.6 Å². The van der Waals surface area contributed by atoms with E-state index in [1.54, 1.807) is 6.92 Å². The standard InChI is InChI=1S/C10H12N4O5S2/c1-2-11-10-8(14(15)16)5-9(20-10)21(17,18)13-6-7-3-4-12-19-7/h3-5,11,13H,2,6H2,1H3. The summed E-state index contributed by atoms with van der Waals surface area (Å²) in [7, 11) is -3.85.